The summed E-state index contributed by atoms with van der Waals surface area (Å²) in [7, 11) is 0. The lowest BCUT2D eigenvalue weighted by atomic mass is 9.92. The van der Waals surface area contributed by atoms with Gasteiger partial charge in [0, 0.05) is 43.5 Å². The van der Waals surface area contributed by atoms with Gasteiger partial charge >= 0.3 is 0 Å². The number of nitrogens with zero attached hydrogens (tertiary/aromatic N) is 3. The molecule has 2 aliphatic heterocycles. The first kappa shape index (κ1) is 15.0. The number of nitrogens with one attached hydrogen (secondary N) is 1. The summed E-state index contributed by atoms with van der Waals surface area (Å²) in [6.07, 6.45) is 8.78. The maximum Gasteiger partial charge on any atom is 0.117 e. The quantitative estimate of drug-likeness (QED) is 0.943. The molecule has 2 aromatic rings. The maximum atomic E-state index is 5.47. The molecule has 0 aromatic carbocycles. The Morgan fingerprint density at radius 3 is 2.83 bits per heavy atom. The van der Waals surface area contributed by atoms with E-state index in [1.165, 1.54) is 57.6 Å². The SMILES string of the molecule is c1coc(CN2CCC(N3CCC[C@H](c4ccn[nH]4)C3)CC2)c1. The molecule has 2 fully saturated rings. The average Bonchev–Trinajstić information content (AvgIpc) is 3.29. The van der Waals surface area contributed by atoms with Crippen LogP contribution in [-0.2, 0) is 6.54 Å². The third-order valence-electron chi connectivity index (χ3n) is 5.45. The zero-order valence-electron chi connectivity index (χ0n) is 13.7. The predicted octanol–water partition coefficient (Wildman–Crippen LogP) is 2.85. The molecule has 1 atom stereocenters. The zero-order valence-corrected chi connectivity index (χ0v) is 13.7. The first-order valence-corrected chi connectivity index (χ1v) is 8.86. The van der Waals surface area contributed by atoms with Gasteiger partial charge in [-0.2, -0.15) is 5.10 Å². The van der Waals surface area contributed by atoms with E-state index >= 15 is 0 Å². The summed E-state index contributed by atoms with van der Waals surface area (Å²) in [4.78, 5) is 5.24. The van der Waals surface area contributed by atoms with Gasteiger partial charge in [-0.05, 0) is 50.4 Å². The van der Waals surface area contributed by atoms with Crippen molar-refractivity contribution in [3.8, 4) is 0 Å². The van der Waals surface area contributed by atoms with Crippen molar-refractivity contribution in [1.29, 1.82) is 0 Å². The van der Waals surface area contributed by atoms with Crippen molar-refractivity contribution in [3.63, 3.8) is 0 Å². The van der Waals surface area contributed by atoms with Gasteiger partial charge in [0.2, 0.25) is 0 Å². The van der Waals surface area contributed by atoms with Crippen LogP contribution in [0, 0.1) is 0 Å². The molecule has 0 radical (unpaired) electrons. The van der Waals surface area contributed by atoms with Crippen molar-refractivity contribution in [2.75, 3.05) is 26.2 Å². The third-order valence-corrected chi connectivity index (χ3v) is 5.45. The van der Waals surface area contributed by atoms with Crippen molar-refractivity contribution in [2.45, 2.75) is 44.2 Å². The molecule has 5 heteroatoms. The fraction of sp³-hybridized carbons (Fsp3) is 0.611. The first-order chi connectivity index (χ1) is 11.4. The summed E-state index contributed by atoms with van der Waals surface area (Å²) in [5.41, 5.74) is 1.31. The smallest absolute Gasteiger partial charge is 0.117 e. The first-order valence-electron chi connectivity index (χ1n) is 8.86. The zero-order chi connectivity index (χ0) is 15.5. The van der Waals surface area contributed by atoms with Crippen LogP contribution in [-0.4, -0.2) is 52.2 Å². The minimum atomic E-state index is 0.632. The molecule has 4 rings (SSSR count). The molecule has 0 spiro atoms. The molecule has 0 bridgehead atoms. The molecule has 2 saturated heterocycles. The minimum absolute atomic E-state index is 0.632. The standard InChI is InChI=1S/C18H26N4O/c1-3-15(18-5-8-19-20-18)13-22(9-1)16-6-10-21(11-7-16)14-17-4-2-12-23-17/h2,4-5,8,12,15-16H,1,3,6-7,9-11,13-14H2,(H,19,20)/t15-/m0/s1. The molecule has 1 N–H and O–H groups in total. The Kier molecular flexibility index (Phi) is 4.48. The number of aromatic amines is 1. The van der Waals surface area contributed by atoms with Gasteiger partial charge in [0.15, 0.2) is 0 Å². The molecule has 4 heterocycles. The van der Waals surface area contributed by atoms with E-state index in [-0.39, 0.29) is 0 Å². The Balaban J connectivity index is 1.29. The van der Waals surface area contributed by atoms with Crippen molar-refractivity contribution in [2.24, 2.45) is 0 Å². The van der Waals surface area contributed by atoms with Gasteiger partial charge in [0.1, 0.15) is 5.76 Å². The van der Waals surface area contributed by atoms with Gasteiger partial charge in [-0.25, -0.2) is 0 Å². The van der Waals surface area contributed by atoms with Crippen molar-refractivity contribution in [1.82, 2.24) is 20.0 Å². The van der Waals surface area contributed by atoms with E-state index in [4.69, 9.17) is 4.42 Å². The fourth-order valence-corrected chi connectivity index (χ4v) is 4.15. The predicted molar refractivity (Wildman–Crippen MR) is 89.1 cm³/mol. The summed E-state index contributed by atoms with van der Waals surface area (Å²) in [5, 5.41) is 7.29. The van der Waals surface area contributed by atoms with E-state index in [0.29, 0.717) is 5.92 Å². The van der Waals surface area contributed by atoms with Crippen LogP contribution >= 0.6 is 0 Å². The van der Waals surface area contributed by atoms with Gasteiger partial charge in [0.05, 0.1) is 12.8 Å². The molecule has 0 unspecified atom stereocenters. The molecule has 23 heavy (non-hydrogen) atoms. The molecule has 124 valence electrons. The summed E-state index contributed by atoms with van der Waals surface area (Å²) < 4.78 is 5.47. The van der Waals surface area contributed by atoms with Crippen molar-refractivity contribution >= 4 is 0 Å². The minimum Gasteiger partial charge on any atom is -0.468 e. The number of hydrogen-bond donors (Lipinski definition) is 1. The third kappa shape index (κ3) is 3.51. The molecule has 5 nitrogen and oxygen atoms in total. The molecule has 0 saturated carbocycles. The number of furan rings is 1. The van der Waals surface area contributed by atoms with E-state index in [1.54, 1.807) is 6.26 Å². The average molecular weight is 314 g/mol. The number of piperidine rings is 2. The normalized spacial score (nSPS) is 25.0. The van der Waals surface area contributed by atoms with Gasteiger partial charge in [-0.3, -0.25) is 14.9 Å². The number of H-pyrrole nitrogens is 1. The van der Waals surface area contributed by atoms with Gasteiger partial charge in [-0.15, -0.1) is 0 Å². The highest BCUT2D eigenvalue weighted by molar-refractivity contribution is 5.08. The van der Waals surface area contributed by atoms with Crippen molar-refractivity contribution in [3.05, 3.63) is 42.1 Å². The Bertz CT molecular complexity index is 572. The number of hydrogen-bond acceptors (Lipinski definition) is 4. The maximum absolute atomic E-state index is 5.47. The second kappa shape index (κ2) is 6.89. The van der Waals surface area contributed by atoms with Crippen LogP contribution in [0.5, 0.6) is 0 Å². The Morgan fingerprint density at radius 2 is 2.09 bits per heavy atom. The highest BCUT2D eigenvalue weighted by Crippen LogP contribution is 2.29. The summed E-state index contributed by atoms with van der Waals surface area (Å²) >= 11 is 0. The second-order valence-electron chi connectivity index (χ2n) is 6.93. The molecule has 0 aliphatic carbocycles. The van der Waals surface area contributed by atoms with Crippen molar-refractivity contribution < 1.29 is 4.42 Å². The second-order valence-corrected chi connectivity index (χ2v) is 6.93. The molecule has 0 amide bonds. The largest absolute Gasteiger partial charge is 0.468 e. The van der Waals surface area contributed by atoms with Crippen LogP contribution in [0.4, 0.5) is 0 Å². The van der Waals surface area contributed by atoms with Crippen LogP contribution in [0.25, 0.3) is 0 Å². The topological polar surface area (TPSA) is 48.3 Å². The highest BCUT2D eigenvalue weighted by Gasteiger charge is 2.29. The van der Waals surface area contributed by atoms with E-state index in [0.717, 1.165) is 18.3 Å². The van der Waals surface area contributed by atoms with E-state index in [2.05, 4.69) is 32.1 Å². The summed E-state index contributed by atoms with van der Waals surface area (Å²) in [6, 6.07) is 6.94. The number of likely N-dealkylation sites (tertiary alicyclic amines) is 2. The van der Waals surface area contributed by atoms with E-state index in [9.17, 15) is 0 Å². The van der Waals surface area contributed by atoms with Crippen LogP contribution < -0.4 is 0 Å². The fourth-order valence-electron chi connectivity index (χ4n) is 4.15. The summed E-state index contributed by atoms with van der Waals surface area (Å²) in [5.74, 6) is 1.72. The van der Waals surface area contributed by atoms with Crippen LogP contribution in [0.2, 0.25) is 0 Å². The molecular weight excluding hydrogens is 288 g/mol. The Morgan fingerprint density at radius 1 is 1.17 bits per heavy atom. The number of rotatable bonds is 4. The lowest BCUT2D eigenvalue weighted by Crippen LogP contribution is -2.47. The van der Waals surface area contributed by atoms with Crippen LogP contribution in [0.3, 0.4) is 0 Å². The van der Waals surface area contributed by atoms with E-state index < -0.39 is 0 Å². The Hall–Kier alpha value is -1.59. The Labute approximate surface area is 137 Å². The lowest BCUT2D eigenvalue weighted by Gasteiger charge is -2.42. The molecule has 2 aliphatic rings. The van der Waals surface area contributed by atoms with Gasteiger partial charge < -0.3 is 4.42 Å². The van der Waals surface area contributed by atoms with Gasteiger partial charge in [-0.1, -0.05) is 0 Å². The van der Waals surface area contributed by atoms with Crippen LogP contribution in [0.15, 0.2) is 35.1 Å². The lowest BCUT2D eigenvalue weighted by molar-refractivity contribution is 0.0791. The number of aromatic nitrogens is 2. The van der Waals surface area contributed by atoms with Gasteiger partial charge in [0.25, 0.3) is 0 Å². The molecular formula is C18H26N4O. The van der Waals surface area contributed by atoms with Crippen LogP contribution in [0.1, 0.15) is 43.1 Å². The monoisotopic (exact) mass is 314 g/mol. The molecule has 2 aromatic heterocycles. The highest BCUT2D eigenvalue weighted by atomic mass is 16.3. The van der Waals surface area contributed by atoms with E-state index in [1.807, 2.05) is 12.3 Å². The summed E-state index contributed by atoms with van der Waals surface area (Å²) in [6.45, 7) is 5.75.